The van der Waals surface area contributed by atoms with Crippen molar-refractivity contribution < 1.29 is 19.1 Å². The van der Waals surface area contributed by atoms with Gasteiger partial charge in [0.1, 0.15) is 11.7 Å². The van der Waals surface area contributed by atoms with Crippen molar-refractivity contribution >= 4 is 40.0 Å². The number of nitrogens with one attached hydrogen (secondary N) is 3. The summed E-state index contributed by atoms with van der Waals surface area (Å²) in [5, 5.41) is 6.39. The average molecular weight is 521 g/mol. The van der Waals surface area contributed by atoms with E-state index in [2.05, 4.69) is 25.3 Å². The molecule has 1 unspecified atom stereocenters. The largest absolute Gasteiger partial charge is 0.467 e. The minimum atomic E-state index is -0.852. The van der Waals surface area contributed by atoms with Gasteiger partial charge >= 0.3 is 5.97 Å². The number of benzene rings is 1. The zero-order valence-electron chi connectivity index (χ0n) is 20.4. The van der Waals surface area contributed by atoms with Crippen molar-refractivity contribution in [2.45, 2.75) is 37.6 Å². The molecular formula is C26H28N6O4S. The number of methoxy groups -OCH3 is 1. The summed E-state index contributed by atoms with van der Waals surface area (Å²) in [5.41, 5.74) is 3.03. The monoisotopic (exact) mass is 520 g/mol. The number of aromatic amines is 2. The van der Waals surface area contributed by atoms with Gasteiger partial charge in [-0.05, 0) is 24.5 Å². The number of para-hydroxylation sites is 1. The fraction of sp³-hybridized carbons (Fsp3) is 0.346. The first kappa shape index (κ1) is 24.7. The smallest absolute Gasteiger partial charge is 0.328 e. The number of piperidine rings is 1. The molecule has 11 heteroatoms. The molecule has 0 bridgehead atoms. The Hall–Kier alpha value is -3.99. The van der Waals surface area contributed by atoms with Crippen LogP contribution in [0.5, 0.6) is 0 Å². The number of carbonyl (C=O) groups is 3. The van der Waals surface area contributed by atoms with Gasteiger partial charge in [0.05, 0.1) is 24.9 Å². The van der Waals surface area contributed by atoms with Crippen molar-refractivity contribution in [1.82, 2.24) is 30.2 Å². The molecule has 10 nitrogen and oxygen atoms in total. The summed E-state index contributed by atoms with van der Waals surface area (Å²) in [6.07, 6.45) is 7.21. The summed E-state index contributed by atoms with van der Waals surface area (Å²) >= 11 is 1.43. The van der Waals surface area contributed by atoms with E-state index in [9.17, 15) is 14.4 Å². The topological polar surface area (TPSA) is 133 Å². The number of imidazole rings is 1. The summed E-state index contributed by atoms with van der Waals surface area (Å²) in [7, 11) is 1.28. The van der Waals surface area contributed by atoms with Crippen molar-refractivity contribution in [1.29, 1.82) is 0 Å². The molecule has 0 radical (unpaired) electrons. The summed E-state index contributed by atoms with van der Waals surface area (Å²) in [6.45, 7) is 1.31. The molecule has 4 aromatic rings. The molecule has 1 fully saturated rings. The van der Waals surface area contributed by atoms with Crippen LogP contribution in [-0.4, -0.2) is 68.9 Å². The quantitative estimate of drug-likeness (QED) is 0.306. The number of aromatic nitrogens is 4. The van der Waals surface area contributed by atoms with E-state index in [1.54, 1.807) is 11.6 Å². The molecule has 3 aromatic heterocycles. The SMILES string of the molecule is COC(=O)C(Cc1cnc[nH]1)NC(=O)c1csc(C2CCN(C(=O)Cc3c[nH]c4ccccc34)CC2)n1. The van der Waals surface area contributed by atoms with Crippen LogP contribution in [0.4, 0.5) is 0 Å². The normalized spacial score (nSPS) is 15.0. The van der Waals surface area contributed by atoms with Gasteiger partial charge < -0.3 is 24.9 Å². The Morgan fingerprint density at radius 3 is 2.78 bits per heavy atom. The number of nitrogens with zero attached hydrogens (tertiary/aromatic N) is 3. The van der Waals surface area contributed by atoms with E-state index < -0.39 is 17.9 Å². The van der Waals surface area contributed by atoms with Gasteiger partial charge in [-0.3, -0.25) is 9.59 Å². The lowest BCUT2D eigenvalue weighted by molar-refractivity contribution is -0.142. The summed E-state index contributed by atoms with van der Waals surface area (Å²) in [5.74, 6) is -0.662. The zero-order chi connectivity index (χ0) is 25.8. The molecule has 0 spiro atoms. The molecule has 1 saturated heterocycles. The fourth-order valence-electron chi connectivity index (χ4n) is 4.69. The molecule has 1 atom stereocenters. The van der Waals surface area contributed by atoms with Crippen LogP contribution in [0.15, 0.2) is 48.4 Å². The second-order valence-electron chi connectivity index (χ2n) is 9.09. The highest BCUT2D eigenvalue weighted by atomic mass is 32.1. The lowest BCUT2D eigenvalue weighted by Gasteiger charge is -2.31. The van der Waals surface area contributed by atoms with Crippen molar-refractivity contribution in [3.05, 3.63) is 70.3 Å². The highest BCUT2D eigenvalue weighted by molar-refractivity contribution is 7.09. The fourth-order valence-corrected chi connectivity index (χ4v) is 5.66. The van der Waals surface area contributed by atoms with E-state index in [1.807, 2.05) is 35.4 Å². The number of likely N-dealkylation sites (tertiary alicyclic amines) is 1. The Kier molecular flexibility index (Phi) is 7.31. The molecule has 4 heterocycles. The number of carbonyl (C=O) groups excluding carboxylic acids is 3. The van der Waals surface area contributed by atoms with Crippen LogP contribution in [0.2, 0.25) is 0 Å². The summed E-state index contributed by atoms with van der Waals surface area (Å²) < 4.78 is 4.84. The Bertz CT molecular complexity index is 1390. The van der Waals surface area contributed by atoms with Crippen LogP contribution < -0.4 is 5.32 Å². The first-order chi connectivity index (χ1) is 18.0. The van der Waals surface area contributed by atoms with E-state index in [0.29, 0.717) is 25.2 Å². The first-order valence-electron chi connectivity index (χ1n) is 12.2. The molecule has 37 heavy (non-hydrogen) atoms. The van der Waals surface area contributed by atoms with Crippen LogP contribution in [-0.2, 0) is 27.2 Å². The van der Waals surface area contributed by atoms with E-state index in [-0.39, 0.29) is 23.9 Å². The van der Waals surface area contributed by atoms with Gasteiger partial charge in [0, 0.05) is 59.8 Å². The van der Waals surface area contributed by atoms with E-state index in [0.717, 1.165) is 34.3 Å². The summed E-state index contributed by atoms with van der Waals surface area (Å²) in [4.78, 5) is 54.5. The molecule has 0 saturated carbocycles. The maximum absolute atomic E-state index is 12.9. The van der Waals surface area contributed by atoms with E-state index in [1.165, 1.54) is 24.8 Å². The van der Waals surface area contributed by atoms with Gasteiger partial charge in [0.15, 0.2) is 0 Å². The van der Waals surface area contributed by atoms with Gasteiger partial charge in [0.25, 0.3) is 5.91 Å². The summed E-state index contributed by atoms with van der Waals surface area (Å²) in [6, 6.07) is 7.14. The number of ether oxygens (including phenoxy) is 1. The standard InChI is InChI=1S/C26H28N6O4S/c1-36-26(35)21(11-18-13-27-15-29-18)30-24(34)22-14-37-25(31-22)16-6-8-32(9-7-16)23(33)10-17-12-28-20-5-3-2-4-19(17)20/h2-5,12-16,21,28H,6-11H2,1H3,(H,27,29)(H,30,34). The third-order valence-electron chi connectivity index (χ3n) is 6.74. The lowest BCUT2D eigenvalue weighted by Crippen LogP contribution is -2.43. The molecule has 0 aliphatic carbocycles. The van der Waals surface area contributed by atoms with Gasteiger partial charge in [-0.15, -0.1) is 11.3 Å². The number of H-pyrrole nitrogens is 2. The molecule has 1 aliphatic rings. The minimum Gasteiger partial charge on any atom is -0.467 e. The maximum atomic E-state index is 12.9. The Morgan fingerprint density at radius 1 is 1.22 bits per heavy atom. The highest BCUT2D eigenvalue weighted by Crippen LogP contribution is 2.31. The van der Waals surface area contributed by atoms with E-state index in [4.69, 9.17) is 4.74 Å². The van der Waals surface area contributed by atoms with Gasteiger partial charge in [-0.2, -0.15) is 0 Å². The Labute approximate surface area is 217 Å². The average Bonchev–Trinajstić information content (AvgIpc) is 3.70. The van der Waals surface area contributed by atoms with Gasteiger partial charge in [0.2, 0.25) is 5.91 Å². The number of thiazole rings is 1. The van der Waals surface area contributed by atoms with Crippen molar-refractivity contribution in [2.75, 3.05) is 20.2 Å². The van der Waals surface area contributed by atoms with Crippen LogP contribution >= 0.6 is 11.3 Å². The predicted molar refractivity (Wildman–Crippen MR) is 138 cm³/mol. The van der Waals surface area contributed by atoms with Gasteiger partial charge in [-0.1, -0.05) is 18.2 Å². The molecule has 3 N–H and O–H groups in total. The number of esters is 1. The molecule has 1 aromatic carbocycles. The third-order valence-corrected chi connectivity index (χ3v) is 7.75. The molecule has 5 rings (SSSR count). The third kappa shape index (κ3) is 5.56. The van der Waals surface area contributed by atoms with Crippen LogP contribution in [0.3, 0.4) is 0 Å². The lowest BCUT2D eigenvalue weighted by atomic mass is 9.97. The number of hydrogen-bond donors (Lipinski definition) is 3. The van der Waals surface area contributed by atoms with E-state index >= 15 is 0 Å². The first-order valence-corrected chi connectivity index (χ1v) is 13.0. The predicted octanol–water partition coefficient (Wildman–Crippen LogP) is 2.81. The number of fused-ring (bicyclic) bond motifs is 1. The second-order valence-corrected chi connectivity index (χ2v) is 9.98. The molecule has 1 aliphatic heterocycles. The van der Waals surface area contributed by atoms with Crippen LogP contribution in [0, 0.1) is 0 Å². The maximum Gasteiger partial charge on any atom is 0.328 e. The number of amides is 2. The van der Waals surface area contributed by atoms with Crippen molar-refractivity contribution in [3.8, 4) is 0 Å². The van der Waals surface area contributed by atoms with Crippen molar-refractivity contribution in [2.24, 2.45) is 0 Å². The number of rotatable bonds is 8. The van der Waals surface area contributed by atoms with Crippen LogP contribution in [0.25, 0.3) is 10.9 Å². The van der Waals surface area contributed by atoms with Crippen LogP contribution in [0.1, 0.15) is 45.5 Å². The van der Waals surface area contributed by atoms with Crippen molar-refractivity contribution in [3.63, 3.8) is 0 Å². The zero-order valence-corrected chi connectivity index (χ0v) is 21.2. The molecule has 192 valence electrons. The Balaban J connectivity index is 1.16. The number of hydrogen-bond acceptors (Lipinski definition) is 7. The highest BCUT2D eigenvalue weighted by Gasteiger charge is 2.28. The molecule has 2 amide bonds. The van der Waals surface area contributed by atoms with Gasteiger partial charge in [-0.25, -0.2) is 14.8 Å². The molecular weight excluding hydrogens is 492 g/mol. The Morgan fingerprint density at radius 2 is 2.03 bits per heavy atom. The minimum absolute atomic E-state index is 0.119. The second kappa shape index (κ2) is 11.0.